The second-order valence-corrected chi connectivity index (χ2v) is 6.46. The molecule has 0 radical (unpaired) electrons. The van der Waals surface area contributed by atoms with Gasteiger partial charge in [0.15, 0.2) is 5.69 Å². The van der Waals surface area contributed by atoms with Crippen molar-refractivity contribution in [3.63, 3.8) is 0 Å². The molecule has 5 nitrogen and oxygen atoms in total. The third-order valence-corrected chi connectivity index (χ3v) is 4.14. The minimum absolute atomic E-state index is 1.15. The summed E-state index contributed by atoms with van der Waals surface area (Å²) >= 11 is 0. The van der Waals surface area contributed by atoms with E-state index < -0.39 is 10.2 Å². The van der Waals surface area contributed by atoms with Crippen LogP contribution in [-0.4, -0.2) is 0 Å². The normalized spacial score (nSPS) is 13.7. The summed E-state index contributed by atoms with van der Waals surface area (Å²) < 4.78 is 36.6. The lowest BCUT2D eigenvalue weighted by molar-refractivity contribution is -2.00. The van der Waals surface area contributed by atoms with E-state index in [-0.39, 0.29) is 0 Å². The Balaban J connectivity index is 0.000000338. The molecular weight excluding hydrogens is 318 g/mol. The average molecular weight is 340 g/mol. The van der Waals surface area contributed by atoms with E-state index >= 15 is 0 Å². The number of rotatable bonds is 3. The van der Waals surface area contributed by atoms with Gasteiger partial charge in [-0.2, -0.15) is 4.57 Å². The molecule has 0 saturated carbocycles. The average Bonchev–Trinajstić information content (AvgIpc) is 2.48. The molecule has 1 aromatic carbocycles. The molecule has 3 rings (SSSR count). The Labute approximate surface area is 138 Å². The molecule has 23 heavy (non-hydrogen) atoms. The van der Waals surface area contributed by atoms with E-state index in [1.165, 1.54) is 43.1 Å². The second-order valence-electron chi connectivity index (χ2n) is 5.71. The molecule has 1 aromatic heterocycles. The van der Waals surface area contributed by atoms with Gasteiger partial charge in [-0.05, 0) is 31.4 Å². The summed E-state index contributed by atoms with van der Waals surface area (Å²) in [6.07, 6.45) is 6.14. The van der Waals surface area contributed by atoms with Crippen LogP contribution < -0.4 is 23.2 Å². The number of aromatic nitrogens is 1. The lowest BCUT2D eigenvalue weighted by Gasteiger charge is -2.17. The van der Waals surface area contributed by atoms with Gasteiger partial charge in [0.2, 0.25) is 5.52 Å². The van der Waals surface area contributed by atoms with Crippen LogP contribution in [0.15, 0.2) is 24.3 Å². The number of aryl methyl sites for hydroxylation is 3. The van der Waals surface area contributed by atoms with Crippen LogP contribution in [0.4, 0.5) is 0 Å². The Morgan fingerprint density at radius 2 is 1.83 bits per heavy atom. The Hall–Kier alpha value is -1.24. The van der Waals surface area contributed by atoms with Gasteiger partial charge in [0, 0.05) is 29.4 Å². The van der Waals surface area contributed by atoms with Crippen LogP contribution in [0.2, 0.25) is 0 Å². The van der Waals surface area contributed by atoms with Gasteiger partial charge >= 0.3 is 0 Å². The van der Waals surface area contributed by atoms with Gasteiger partial charge in [-0.25, -0.2) is 18.6 Å². The smallest absolute Gasteiger partial charge is 0.215 e. The third-order valence-electron chi connectivity index (χ3n) is 4.14. The van der Waals surface area contributed by atoms with Gasteiger partial charge in [0.05, 0.1) is 0 Å². The van der Waals surface area contributed by atoms with Gasteiger partial charge < -0.3 is 0 Å². The Morgan fingerprint density at radius 3 is 2.43 bits per heavy atom. The Kier molecular flexibility index (Phi) is 5.95. The van der Waals surface area contributed by atoms with Gasteiger partial charge in [-0.15, -0.1) is 10.2 Å². The highest BCUT2D eigenvalue weighted by Gasteiger charge is 2.24. The molecule has 0 spiro atoms. The molecule has 6 heteroatoms. The van der Waals surface area contributed by atoms with Crippen molar-refractivity contribution in [2.24, 2.45) is 0 Å². The van der Waals surface area contributed by atoms with E-state index in [0.29, 0.717) is 0 Å². The van der Waals surface area contributed by atoms with Crippen LogP contribution in [0.3, 0.4) is 0 Å². The van der Waals surface area contributed by atoms with Crippen molar-refractivity contribution in [1.82, 2.24) is 0 Å². The Bertz CT molecular complexity index is 676. The summed E-state index contributed by atoms with van der Waals surface area (Å²) in [6.45, 7) is 5.77. The second kappa shape index (κ2) is 7.55. The molecule has 0 saturated heterocycles. The number of hydrogen-bond acceptors (Lipinski definition) is 4. The molecular formula is C17H22ClNO4. The fourth-order valence-electron chi connectivity index (χ4n) is 3.35. The number of para-hydroxylation sites is 1. The highest BCUT2D eigenvalue weighted by Crippen LogP contribution is 2.24. The van der Waals surface area contributed by atoms with Crippen LogP contribution >= 0.6 is 0 Å². The topological polar surface area (TPSA) is 96.1 Å². The Morgan fingerprint density at radius 1 is 1.13 bits per heavy atom. The van der Waals surface area contributed by atoms with E-state index in [2.05, 4.69) is 42.7 Å². The lowest BCUT2D eigenvalue weighted by Crippen LogP contribution is -2.68. The summed E-state index contributed by atoms with van der Waals surface area (Å²) in [5.41, 5.74) is 6.17. The highest BCUT2D eigenvalue weighted by molar-refractivity contribution is 5.80. The monoisotopic (exact) mass is 339 g/mol. The fourth-order valence-corrected chi connectivity index (χ4v) is 3.35. The zero-order valence-electron chi connectivity index (χ0n) is 13.5. The van der Waals surface area contributed by atoms with Crippen molar-refractivity contribution in [1.29, 1.82) is 0 Å². The van der Waals surface area contributed by atoms with E-state index in [1.54, 1.807) is 16.8 Å². The zero-order valence-corrected chi connectivity index (χ0v) is 14.3. The van der Waals surface area contributed by atoms with Gasteiger partial charge in [0.25, 0.3) is 0 Å². The quantitative estimate of drug-likeness (QED) is 0.658. The van der Waals surface area contributed by atoms with Crippen molar-refractivity contribution in [2.45, 2.75) is 52.5 Å². The number of pyridine rings is 1. The van der Waals surface area contributed by atoms with Crippen LogP contribution in [0.25, 0.3) is 10.9 Å². The standard InChI is InChI=1S/C17H22N.ClHO4/c1-3-7-16-13(4-2)12-15-9-5-8-14-10-6-11-18(16)17(14)15;2-1(3,4)5/h5,8-9,12H,3-4,6-7,10-11H2,1-2H3;(H,2,3,4,5)/q+1;/p-1. The summed E-state index contributed by atoms with van der Waals surface area (Å²) in [7, 11) is -4.94. The van der Waals surface area contributed by atoms with Crippen molar-refractivity contribution in [3.05, 3.63) is 41.1 Å². The molecule has 0 amide bonds. The minimum atomic E-state index is -4.94. The molecule has 126 valence electrons. The fraction of sp³-hybridized carbons (Fsp3) is 0.471. The van der Waals surface area contributed by atoms with E-state index in [4.69, 9.17) is 18.6 Å². The van der Waals surface area contributed by atoms with Crippen LogP contribution in [0.5, 0.6) is 0 Å². The number of benzene rings is 1. The lowest BCUT2D eigenvalue weighted by atomic mass is 9.96. The first kappa shape index (κ1) is 18.1. The number of halogens is 1. The first-order valence-corrected chi connectivity index (χ1v) is 9.16. The van der Waals surface area contributed by atoms with Crippen molar-refractivity contribution < 1.29 is 33.4 Å². The predicted octanol–water partition coefficient (Wildman–Crippen LogP) is -1.17. The number of nitrogens with zero attached hydrogens (tertiary/aromatic N) is 1. The maximum atomic E-state index is 8.49. The minimum Gasteiger partial charge on any atom is -0.222 e. The third kappa shape index (κ3) is 4.62. The van der Waals surface area contributed by atoms with Crippen molar-refractivity contribution in [2.75, 3.05) is 0 Å². The molecule has 0 N–H and O–H groups in total. The molecule has 0 fully saturated rings. The van der Waals surface area contributed by atoms with Crippen LogP contribution in [0, 0.1) is 10.2 Å². The largest absolute Gasteiger partial charge is 0.222 e. The maximum Gasteiger partial charge on any atom is 0.215 e. The van der Waals surface area contributed by atoms with Gasteiger partial charge in [-0.1, -0.05) is 26.0 Å². The molecule has 1 aliphatic rings. The van der Waals surface area contributed by atoms with E-state index in [0.717, 1.165) is 6.42 Å². The molecule has 0 unspecified atom stereocenters. The first-order chi connectivity index (χ1) is 10.8. The number of hydrogen-bond donors (Lipinski definition) is 0. The van der Waals surface area contributed by atoms with Crippen molar-refractivity contribution >= 4 is 10.9 Å². The molecule has 0 aliphatic carbocycles. The van der Waals surface area contributed by atoms with Crippen LogP contribution in [-0.2, 0) is 25.8 Å². The first-order valence-electron chi connectivity index (χ1n) is 7.93. The van der Waals surface area contributed by atoms with Crippen molar-refractivity contribution in [3.8, 4) is 0 Å². The van der Waals surface area contributed by atoms with Gasteiger partial charge in [0.1, 0.15) is 6.54 Å². The summed E-state index contributed by atoms with van der Waals surface area (Å²) in [5, 5.41) is 1.43. The zero-order chi connectivity index (χ0) is 17.0. The summed E-state index contributed by atoms with van der Waals surface area (Å²) in [5.74, 6) is 0. The molecule has 2 heterocycles. The molecule has 0 atom stereocenters. The van der Waals surface area contributed by atoms with Gasteiger partial charge in [-0.3, -0.25) is 0 Å². The molecule has 2 aromatic rings. The SMILES string of the molecule is CCCc1c(CC)cc2cccc3c2[n+]1CCC3.[O-][Cl+3]([O-])([O-])[O-]. The summed E-state index contributed by atoms with van der Waals surface area (Å²) in [6, 6.07) is 9.22. The van der Waals surface area contributed by atoms with Crippen LogP contribution in [0.1, 0.15) is 43.5 Å². The summed E-state index contributed by atoms with van der Waals surface area (Å²) in [4.78, 5) is 0. The van der Waals surface area contributed by atoms with E-state index in [1.807, 2.05) is 0 Å². The maximum absolute atomic E-state index is 8.49. The van der Waals surface area contributed by atoms with E-state index in [9.17, 15) is 0 Å². The predicted molar refractivity (Wildman–Crippen MR) is 75.8 cm³/mol. The molecule has 1 aliphatic heterocycles. The molecule has 0 bridgehead atoms. The highest BCUT2D eigenvalue weighted by atomic mass is 35.7.